The summed E-state index contributed by atoms with van der Waals surface area (Å²) in [7, 11) is 2.23. The maximum absolute atomic E-state index is 11.8. The Morgan fingerprint density at radius 1 is 1.24 bits per heavy atom. The third-order valence-corrected chi connectivity index (χ3v) is 7.22. The van der Waals surface area contributed by atoms with Gasteiger partial charge in [-0.05, 0) is 43.8 Å². The van der Waals surface area contributed by atoms with Crippen molar-refractivity contribution in [3.63, 3.8) is 0 Å². The van der Waals surface area contributed by atoms with Crippen molar-refractivity contribution in [2.75, 3.05) is 33.2 Å². The Hall–Kier alpha value is -1.43. The highest BCUT2D eigenvalue weighted by molar-refractivity contribution is 7.19. The molecule has 1 N–H and O–H groups in total. The van der Waals surface area contributed by atoms with Crippen molar-refractivity contribution in [2.24, 2.45) is 0 Å². The normalized spacial score (nSPS) is 26.1. The van der Waals surface area contributed by atoms with E-state index in [1.807, 2.05) is 11.3 Å². The third kappa shape index (κ3) is 3.21. The zero-order valence-corrected chi connectivity index (χ0v) is 16.0. The number of carbonyl (C=O) groups is 1. The fourth-order valence-corrected chi connectivity index (χ4v) is 5.53. The number of fused-ring (bicyclic) bond motifs is 1. The van der Waals surface area contributed by atoms with E-state index in [2.05, 4.69) is 53.4 Å². The predicted octanol–water partition coefficient (Wildman–Crippen LogP) is 3.00. The predicted molar refractivity (Wildman–Crippen MR) is 104 cm³/mol. The summed E-state index contributed by atoms with van der Waals surface area (Å²) < 4.78 is 1.39. The van der Waals surface area contributed by atoms with Gasteiger partial charge >= 0.3 is 0 Å². The number of hydrogen-bond acceptors (Lipinski definition) is 4. The number of piperazine rings is 1. The fourth-order valence-electron chi connectivity index (χ4n) is 4.45. The van der Waals surface area contributed by atoms with Gasteiger partial charge in [-0.15, -0.1) is 11.3 Å². The quantitative estimate of drug-likeness (QED) is 0.897. The zero-order chi connectivity index (χ0) is 17.4. The van der Waals surface area contributed by atoms with Gasteiger partial charge in [-0.25, -0.2) is 0 Å². The summed E-state index contributed by atoms with van der Waals surface area (Å²) in [6.45, 7) is 7.31. The molecule has 2 saturated heterocycles. The van der Waals surface area contributed by atoms with Crippen LogP contribution >= 0.6 is 11.3 Å². The number of rotatable bonds is 2. The molecule has 1 spiro atoms. The van der Waals surface area contributed by atoms with Crippen molar-refractivity contribution in [3.05, 3.63) is 34.7 Å². The van der Waals surface area contributed by atoms with E-state index in [1.54, 1.807) is 0 Å². The number of amides is 1. The van der Waals surface area contributed by atoms with Crippen molar-refractivity contribution in [1.82, 2.24) is 15.1 Å². The van der Waals surface area contributed by atoms with Crippen molar-refractivity contribution in [1.29, 1.82) is 0 Å². The second kappa shape index (κ2) is 6.71. The summed E-state index contributed by atoms with van der Waals surface area (Å²) in [5.41, 5.74) is 1.63. The highest BCUT2D eigenvalue weighted by Gasteiger charge is 2.40. The monoisotopic (exact) mass is 357 g/mol. The molecule has 2 aliphatic heterocycles. The summed E-state index contributed by atoms with van der Waals surface area (Å²) in [4.78, 5) is 18.4. The minimum Gasteiger partial charge on any atom is -0.356 e. The van der Waals surface area contributed by atoms with Gasteiger partial charge in [0.05, 0.1) is 0 Å². The van der Waals surface area contributed by atoms with Gasteiger partial charge in [0.1, 0.15) is 0 Å². The summed E-state index contributed by atoms with van der Waals surface area (Å²) in [5.74, 6) is 0.210. The van der Waals surface area contributed by atoms with Crippen LogP contribution in [0, 0.1) is 6.92 Å². The zero-order valence-electron chi connectivity index (χ0n) is 15.2. The Kier molecular flexibility index (Phi) is 4.56. The lowest BCUT2D eigenvalue weighted by molar-refractivity contribution is -0.121. The van der Waals surface area contributed by atoms with E-state index in [0.717, 1.165) is 45.6 Å². The van der Waals surface area contributed by atoms with E-state index >= 15 is 0 Å². The molecule has 4 rings (SSSR count). The lowest BCUT2D eigenvalue weighted by atomic mass is 9.86. The second-order valence-electron chi connectivity index (χ2n) is 7.59. The van der Waals surface area contributed by atoms with Crippen molar-refractivity contribution in [3.8, 4) is 0 Å². The van der Waals surface area contributed by atoms with E-state index in [-0.39, 0.29) is 11.4 Å². The number of likely N-dealkylation sites (N-methyl/N-ethyl adjacent to an activating group) is 1. The lowest BCUT2D eigenvalue weighted by Gasteiger charge is -2.49. The summed E-state index contributed by atoms with van der Waals surface area (Å²) in [6.07, 6.45) is 2.67. The smallest absolute Gasteiger partial charge is 0.220 e. The molecule has 2 aromatic rings. The molecule has 5 heteroatoms. The molecule has 1 aromatic heterocycles. The average molecular weight is 358 g/mol. The maximum Gasteiger partial charge on any atom is 0.220 e. The molecule has 1 unspecified atom stereocenters. The van der Waals surface area contributed by atoms with E-state index in [1.165, 1.54) is 20.5 Å². The molecule has 0 radical (unpaired) electrons. The minimum atomic E-state index is 0.136. The van der Waals surface area contributed by atoms with Crippen molar-refractivity contribution in [2.45, 2.75) is 38.3 Å². The van der Waals surface area contributed by atoms with Gasteiger partial charge in [-0.1, -0.05) is 18.2 Å². The van der Waals surface area contributed by atoms with Crippen LogP contribution in [0.2, 0.25) is 0 Å². The van der Waals surface area contributed by atoms with Gasteiger partial charge in [0, 0.05) is 54.3 Å². The highest BCUT2D eigenvalue weighted by atomic mass is 32.1. The van der Waals surface area contributed by atoms with Crippen LogP contribution in [0.3, 0.4) is 0 Å². The van der Waals surface area contributed by atoms with Crippen LogP contribution in [0.4, 0.5) is 0 Å². The molecule has 0 bridgehead atoms. The molecule has 25 heavy (non-hydrogen) atoms. The van der Waals surface area contributed by atoms with E-state index in [0.29, 0.717) is 6.42 Å². The van der Waals surface area contributed by atoms with Gasteiger partial charge in [0.2, 0.25) is 5.91 Å². The number of thiophene rings is 1. The number of nitrogens with zero attached hydrogens (tertiary/aromatic N) is 2. The molecule has 3 heterocycles. The number of aryl methyl sites for hydroxylation is 1. The molecule has 1 amide bonds. The minimum absolute atomic E-state index is 0.136. The first kappa shape index (κ1) is 17.0. The Bertz CT molecular complexity index is 786. The van der Waals surface area contributed by atoms with Crippen LogP contribution in [-0.4, -0.2) is 54.5 Å². The first-order valence-electron chi connectivity index (χ1n) is 9.25. The van der Waals surface area contributed by atoms with Gasteiger partial charge < -0.3 is 5.32 Å². The molecule has 2 fully saturated rings. The Labute approximate surface area is 153 Å². The topological polar surface area (TPSA) is 35.6 Å². The van der Waals surface area contributed by atoms with Crippen LogP contribution in [0.25, 0.3) is 10.1 Å². The number of hydrogen-bond donors (Lipinski definition) is 1. The summed E-state index contributed by atoms with van der Waals surface area (Å²) >= 11 is 1.91. The van der Waals surface area contributed by atoms with E-state index < -0.39 is 0 Å². The van der Waals surface area contributed by atoms with Gasteiger partial charge in [0.25, 0.3) is 0 Å². The van der Waals surface area contributed by atoms with Crippen LogP contribution in [0.1, 0.15) is 29.7 Å². The molecule has 1 atom stereocenters. The molecule has 2 aliphatic rings. The molecular formula is C20H27N3OS. The Morgan fingerprint density at radius 2 is 2.08 bits per heavy atom. The molecule has 0 aliphatic carbocycles. The number of carbonyl (C=O) groups excluding carboxylic acids is 1. The fraction of sp³-hybridized carbons (Fsp3) is 0.550. The standard InChI is InChI=1S/C20H27N3OS/c1-15-17(16-5-3-4-6-18(16)25-15)13-23-12-11-22(2)20(14-23)8-7-19(24)21-10-9-20/h3-6H,7-14H2,1-2H3,(H,21,24). The van der Waals surface area contributed by atoms with Gasteiger partial charge in [-0.2, -0.15) is 0 Å². The number of nitrogens with one attached hydrogen (secondary N) is 1. The summed E-state index contributed by atoms with van der Waals surface area (Å²) in [5, 5.41) is 4.46. The van der Waals surface area contributed by atoms with Gasteiger partial charge in [-0.3, -0.25) is 14.6 Å². The molecule has 0 saturated carbocycles. The molecular weight excluding hydrogens is 330 g/mol. The summed E-state index contributed by atoms with van der Waals surface area (Å²) in [6, 6.07) is 8.76. The van der Waals surface area contributed by atoms with Crippen LogP contribution in [0.5, 0.6) is 0 Å². The van der Waals surface area contributed by atoms with Crippen molar-refractivity contribution >= 4 is 27.3 Å². The van der Waals surface area contributed by atoms with Crippen LogP contribution < -0.4 is 5.32 Å². The largest absolute Gasteiger partial charge is 0.356 e. The molecule has 1 aromatic carbocycles. The third-order valence-electron chi connectivity index (χ3n) is 6.09. The Morgan fingerprint density at radius 3 is 2.96 bits per heavy atom. The van der Waals surface area contributed by atoms with E-state index in [9.17, 15) is 4.79 Å². The highest BCUT2D eigenvalue weighted by Crippen LogP contribution is 2.34. The second-order valence-corrected chi connectivity index (χ2v) is 8.85. The van der Waals surface area contributed by atoms with Crippen molar-refractivity contribution < 1.29 is 4.79 Å². The van der Waals surface area contributed by atoms with Crippen LogP contribution in [-0.2, 0) is 11.3 Å². The lowest BCUT2D eigenvalue weighted by Crippen LogP contribution is -2.60. The average Bonchev–Trinajstić information content (AvgIpc) is 2.79. The van der Waals surface area contributed by atoms with Crippen LogP contribution in [0.15, 0.2) is 24.3 Å². The first-order chi connectivity index (χ1) is 12.1. The maximum atomic E-state index is 11.8. The van der Waals surface area contributed by atoms with E-state index in [4.69, 9.17) is 0 Å². The SMILES string of the molecule is Cc1sc2ccccc2c1CN1CCN(C)C2(CCNC(=O)CC2)C1. The van der Waals surface area contributed by atoms with Gasteiger partial charge in [0.15, 0.2) is 0 Å². The number of benzene rings is 1. The molecule has 134 valence electrons. The first-order valence-corrected chi connectivity index (χ1v) is 10.1. The Balaban J connectivity index is 1.57. The molecule has 4 nitrogen and oxygen atoms in total.